The van der Waals surface area contributed by atoms with Crippen molar-refractivity contribution in [2.24, 2.45) is 0 Å². The first kappa shape index (κ1) is 21.7. The number of hydrogen-bond donors (Lipinski definition) is 1. The average Bonchev–Trinajstić information content (AvgIpc) is 3.15. The number of hydrogen-bond acceptors (Lipinski definition) is 5. The summed E-state index contributed by atoms with van der Waals surface area (Å²) in [5.74, 6) is 0.812. The third-order valence-corrected chi connectivity index (χ3v) is 6.88. The van der Waals surface area contributed by atoms with Gasteiger partial charge in [-0.25, -0.2) is 9.78 Å². The van der Waals surface area contributed by atoms with Crippen LogP contribution < -0.4 is 10.2 Å². The second kappa shape index (κ2) is 9.77. The van der Waals surface area contributed by atoms with Crippen LogP contribution in [0, 0.1) is 0 Å². The van der Waals surface area contributed by atoms with Crippen LogP contribution in [0.2, 0.25) is 5.02 Å². The number of anilines is 2. The molecule has 6 nitrogen and oxygen atoms in total. The molecule has 2 amide bonds. The number of urea groups is 1. The second-order valence-electron chi connectivity index (χ2n) is 8.08. The van der Waals surface area contributed by atoms with Gasteiger partial charge < -0.3 is 15.1 Å². The SMILES string of the molecule is O=C(Nc1cccc2ccccc12)N1CCCN(c2nc(Cc3ccc(Cl)cc3)ns2)CC1. The van der Waals surface area contributed by atoms with Crippen molar-refractivity contribution in [2.45, 2.75) is 12.8 Å². The van der Waals surface area contributed by atoms with Crippen LogP contribution in [0.3, 0.4) is 0 Å². The van der Waals surface area contributed by atoms with E-state index in [9.17, 15) is 4.79 Å². The molecule has 2 heterocycles. The topological polar surface area (TPSA) is 61.4 Å². The summed E-state index contributed by atoms with van der Waals surface area (Å²) in [4.78, 5) is 21.9. The molecule has 1 fully saturated rings. The number of amides is 2. The van der Waals surface area contributed by atoms with E-state index >= 15 is 0 Å². The lowest BCUT2D eigenvalue weighted by Crippen LogP contribution is -2.38. The van der Waals surface area contributed by atoms with Gasteiger partial charge >= 0.3 is 6.03 Å². The van der Waals surface area contributed by atoms with Crippen molar-refractivity contribution < 1.29 is 4.79 Å². The Morgan fingerprint density at radius 3 is 2.67 bits per heavy atom. The Hall–Kier alpha value is -3.16. The predicted octanol–water partition coefficient (Wildman–Crippen LogP) is 5.68. The molecule has 168 valence electrons. The number of fused-ring (bicyclic) bond motifs is 1. The molecule has 1 aliphatic rings. The first-order chi connectivity index (χ1) is 16.2. The molecular weight excluding hydrogens is 454 g/mol. The zero-order valence-corrected chi connectivity index (χ0v) is 19.6. The molecule has 0 radical (unpaired) electrons. The maximum absolute atomic E-state index is 13.0. The first-order valence-electron chi connectivity index (χ1n) is 11.0. The number of nitrogens with zero attached hydrogens (tertiary/aromatic N) is 4. The molecule has 1 aliphatic heterocycles. The van der Waals surface area contributed by atoms with Gasteiger partial charge in [0.15, 0.2) is 0 Å². The van der Waals surface area contributed by atoms with Crippen LogP contribution >= 0.6 is 23.1 Å². The zero-order valence-electron chi connectivity index (χ0n) is 18.1. The maximum Gasteiger partial charge on any atom is 0.321 e. The molecule has 33 heavy (non-hydrogen) atoms. The van der Waals surface area contributed by atoms with Gasteiger partial charge in [0.1, 0.15) is 5.82 Å². The van der Waals surface area contributed by atoms with E-state index in [1.807, 2.05) is 59.5 Å². The van der Waals surface area contributed by atoms with Gasteiger partial charge in [0, 0.05) is 54.5 Å². The highest BCUT2D eigenvalue weighted by molar-refractivity contribution is 7.09. The fraction of sp³-hybridized carbons (Fsp3) is 0.240. The molecule has 1 saturated heterocycles. The summed E-state index contributed by atoms with van der Waals surface area (Å²) >= 11 is 7.39. The van der Waals surface area contributed by atoms with Crippen LogP contribution in [0.4, 0.5) is 15.6 Å². The molecule has 0 aliphatic carbocycles. The van der Waals surface area contributed by atoms with Crippen molar-refractivity contribution in [3.05, 3.63) is 83.1 Å². The normalized spacial score (nSPS) is 14.3. The van der Waals surface area contributed by atoms with Gasteiger partial charge in [-0.05, 0) is 35.6 Å². The fourth-order valence-electron chi connectivity index (χ4n) is 4.07. The van der Waals surface area contributed by atoms with E-state index in [0.29, 0.717) is 19.5 Å². The van der Waals surface area contributed by atoms with E-state index in [-0.39, 0.29) is 6.03 Å². The van der Waals surface area contributed by atoms with E-state index in [1.54, 1.807) is 0 Å². The van der Waals surface area contributed by atoms with Crippen LogP contribution in [0.1, 0.15) is 17.8 Å². The van der Waals surface area contributed by atoms with Crippen LogP contribution in [-0.4, -0.2) is 46.5 Å². The van der Waals surface area contributed by atoms with Gasteiger partial charge in [0.25, 0.3) is 0 Å². The van der Waals surface area contributed by atoms with Crippen LogP contribution in [0.25, 0.3) is 10.8 Å². The summed E-state index contributed by atoms with van der Waals surface area (Å²) in [5, 5.41) is 6.91. The van der Waals surface area contributed by atoms with E-state index in [2.05, 4.69) is 26.7 Å². The lowest BCUT2D eigenvalue weighted by molar-refractivity contribution is 0.215. The molecule has 0 spiro atoms. The summed E-state index contributed by atoms with van der Waals surface area (Å²) in [6, 6.07) is 21.8. The lowest BCUT2D eigenvalue weighted by Gasteiger charge is -2.22. The Labute approximate surface area is 202 Å². The summed E-state index contributed by atoms with van der Waals surface area (Å²) in [5.41, 5.74) is 1.98. The van der Waals surface area contributed by atoms with Crippen molar-refractivity contribution in [2.75, 3.05) is 36.4 Å². The predicted molar refractivity (Wildman–Crippen MR) is 136 cm³/mol. The standard InChI is InChI=1S/C25H24ClN5OS/c26-20-11-9-18(10-12-20)17-23-28-25(33-29-23)31-14-4-13-30(15-16-31)24(32)27-22-8-3-6-19-5-1-2-7-21(19)22/h1-3,5-12H,4,13-17H2,(H,27,32). The summed E-state index contributed by atoms with van der Waals surface area (Å²) in [6.45, 7) is 2.94. The molecule has 0 bridgehead atoms. The highest BCUT2D eigenvalue weighted by Crippen LogP contribution is 2.24. The lowest BCUT2D eigenvalue weighted by atomic mass is 10.1. The number of carbonyl (C=O) groups excluding carboxylic acids is 1. The molecular formula is C25H24ClN5OS. The molecule has 0 saturated carbocycles. The number of carbonyl (C=O) groups is 1. The van der Waals surface area contributed by atoms with E-state index in [0.717, 1.165) is 57.5 Å². The number of benzene rings is 3. The summed E-state index contributed by atoms with van der Waals surface area (Å²) in [7, 11) is 0. The van der Waals surface area contributed by atoms with E-state index in [1.165, 1.54) is 11.5 Å². The van der Waals surface area contributed by atoms with Crippen molar-refractivity contribution in [3.8, 4) is 0 Å². The molecule has 5 rings (SSSR count). The Balaban J connectivity index is 1.21. The third kappa shape index (κ3) is 5.10. The van der Waals surface area contributed by atoms with Crippen molar-refractivity contribution in [1.29, 1.82) is 0 Å². The van der Waals surface area contributed by atoms with Gasteiger partial charge in [0.2, 0.25) is 5.13 Å². The molecule has 0 unspecified atom stereocenters. The highest BCUT2D eigenvalue weighted by atomic mass is 35.5. The number of aromatic nitrogens is 2. The number of halogens is 1. The third-order valence-electron chi connectivity index (χ3n) is 5.82. The minimum absolute atomic E-state index is 0.0612. The molecule has 0 atom stereocenters. The molecule has 1 aromatic heterocycles. The van der Waals surface area contributed by atoms with E-state index in [4.69, 9.17) is 16.6 Å². The Kier molecular flexibility index (Phi) is 6.41. The largest absolute Gasteiger partial charge is 0.345 e. The van der Waals surface area contributed by atoms with Crippen molar-refractivity contribution in [3.63, 3.8) is 0 Å². The maximum atomic E-state index is 13.0. The molecule has 3 aromatic carbocycles. The summed E-state index contributed by atoms with van der Waals surface area (Å²) < 4.78 is 4.54. The molecule has 8 heteroatoms. The van der Waals surface area contributed by atoms with Gasteiger partial charge in [-0.15, -0.1) is 0 Å². The summed E-state index contributed by atoms with van der Waals surface area (Å²) in [6.07, 6.45) is 1.57. The molecule has 4 aromatic rings. The quantitative estimate of drug-likeness (QED) is 0.410. The smallest absolute Gasteiger partial charge is 0.321 e. The number of rotatable bonds is 4. The first-order valence-corrected chi connectivity index (χ1v) is 12.2. The fourth-order valence-corrected chi connectivity index (χ4v) is 4.93. The Morgan fingerprint density at radius 1 is 0.970 bits per heavy atom. The molecule has 1 N–H and O–H groups in total. The minimum atomic E-state index is -0.0612. The van der Waals surface area contributed by atoms with Gasteiger partial charge in [-0.3, -0.25) is 0 Å². The van der Waals surface area contributed by atoms with Crippen molar-refractivity contribution in [1.82, 2.24) is 14.3 Å². The van der Waals surface area contributed by atoms with Crippen LogP contribution in [-0.2, 0) is 6.42 Å². The highest BCUT2D eigenvalue weighted by Gasteiger charge is 2.22. The van der Waals surface area contributed by atoms with Crippen molar-refractivity contribution >= 4 is 50.8 Å². The average molecular weight is 478 g/mol. The second-order valence-corrected chi connectivity index (χ2v) is 9.25. The monoisotopic (exact) mass is 477 g/mol. The van der Waals surface area contributed by atoms with Gasteiger partial charge in [-0.2, -0.15) is 4.37 Å². The number of nitrogens with one attached hydrogen (secondary N) is 1. The minimum Gasteiger partial charge on any atom is -0.345 e. The van der Waals surface area contributed by atoms with Crippen LogP contribution in [0.5, 0.6) is 0 Å². The Bertz CT molecular complexity index is 1250. The Morgan fingerprint density at radius 2 is 1.79 bits per heavy atom. The van der Waals surface area contributed by atoms with Gasteiger partial charge in [-0.1, -0.05) is 60.1 Å². The van der Waals surface area contributed by atoms with Crippen LogP contribution in [0.15, 0.2) is 66.7 Å². The van der Waals surface area contributed by atoms with E-state index < -0.39 is 0 Å². The zero-order chi connectivity index (χ0) is 22.6. The van der Waals surface area contributed by atoms with Gasteiger partial charge in [0.05, 0.1) is 5.69 Å².